The summed E-state index contributed by atoms with van der Waals surface area (Å²) in [5.74, 6) is -7.82. The molecular formula is C45H69N9O12S2. The molecule has 68 heavy (non-hydrogen) atoms. The maximum Gasteiger partial charge on any atom is 0.326 e. The zero-order chi connectivity index (χ0) is 50.1. The van der Waals surface area contributed by atoms with E-state index in [0.29, 0.717) is 43.4 Å². The molecule has 8 amide bonds. The van der Waals surface area contributed by atoms with Gasteiger partial charge in [0, 0.05) is 29.9 Å². The minimum atomic E-state index is -1.73. The quantitative estimate of drug-likeness (QED) is 0.101. The molecule has 1 unspecified atom stereocenters. The Morgan fingerprint density at radius 1 is 0.897 bits per heavy atom. The topological polar surface area (TPSA) is 331 Å². The van der Waals surface area contributed by atoms with Crippen LogP contribution in [-0.4, -0.2) is 147 Å². The van der Waals surface area contributed by atoms with Crippen molar-refractivity contribution in [2.24, 2.45) is 17.4 Å². The van der Waals surface area contributed by atoms with Crippen molar-refractivity contribution < 1.29 is 58.1 Å². The van der Waals surface area contributed by atoms with Gasteiger partial charge in [0.2, 0.25) is 47.3 Å². The van der Waals surface area contributed by atoms with Crippen molar-refractivity contribution in [2.75, 3.05) is 26.0 Å². The molecule has 21 nitrogen and oxygen atoms in total. The molecule has 1 aromatic rings. The monoisotopic (exact) mass is 991 g/mol. The lowest BCUT2D eigenvalue weighted by molar-refractivity contribution is -0.145. The maximum atomic E-state index is 14.6. The second-order valence-electron chi connectivity index (χ2n) is 17.9. The molecule has 3 fully saturated rings. The minimum Gasteiger partial charge on any atom is -0.497 e. The molecule has 1 saturated carbocycles. The largest absolute Gasteiger partial charge is 0.497 e. The smallest absolute Gasteiger partial charge is 0.326 e. The number of carboxylic acids is 1. The summed E-state index contributed by atoms with van der Waals surface area (Å²) >= 11 is 0. The predicted molar refractivity (Wildman–Crippen MR) is 254 cm³/mol. The highest BCUT2D eigenvalue weighted by molar-refractivity contribution is 8.77. The van der Waals surface area contributed by atoms with Gasteiger partial charge in [-0.1, -0.05) is 73.3 Å². The van der Waals surface area contributed by atoms with Crippen molar-refractivity contribution in [3.63, 3.8) is 0 Å². The predicted octanol–water partition coefficient (Wildman–Crippen LogP) is -0.249. The molecule has 378 valence electrons. The third-order valence-corrected chi connectivity index (χ3v) is 15.9. The number of benzene rings is 1. The number of nitrogens with two attached hydrogens (primary N) is 2. The molecule has 12 N–H and O–H groups in total. The highest BCUT2D eigenvalue weighted by atomic mass is 33.1. The van der Waals surface area contributed by atoms with E-state index in [-0.39, 0.29) is 44.5 Å². The molecule has 1 aliphatic carbocycles. The summed E-state index contributed by atoms with van der Waals surface area (Å²) in [4.78, 5) is 125. The Kier molecular flexibility index (Phi) is 21.7. The number of hydrogen-bond donors (Lipinski definition) is 10. The highest BCUT2D eigenvalue weighted by Crippen LogP contribution is 2.48. The standard InChI is InChI=1S/C45H69N9O12S2/c1-5-25(2)36-41(61)53-37(26(3)55)42(62)50-31(22-34(47)56)38(58)51-32(43(63)54-20-10-12-33(54)40(60)49-29(44(64)65)11-9-19-46)24-67-68-45(17-7-6-8-18-45)23-35(57)48-30(39(59)52-36)21-27-13-15-28(66-4)16-14-27/h13-16,25-26,29-33,36-37,55H,5-12,17-24,46H2,1-4H3,(H2,47,56)(H,48,57)(H,49,60)(H,50,62)(H,51,58)(H,52,59)(H,53,61)(H,64,65)/t25-,26+,29-,30-,31-,32-,33-,36-,37?/m0/s1. The number of aliphatic hydroxyl groups is 1. The van der Waals surface area contributed by atoms with Gasteiger partial charge in [-0.15, -0.1) is 0 Å². The zero-order valence-corrected chi connectivity index (χ0v) is 40.8. The molecule has 1 aromatic carbocycles. The fourth-order valence-corrected chi connectivity index (χ4v) is 11.9. The molecule has 23 heteroatoms. The van der Waals surface area contributed by atoms with Crippen LogP contribution in [0.5, 0.6) is 5.75 Å². The molecule has 0 bridgehead atoms. The van der Waals surface area contributed by atoms with Gasteiger partial charge in [0.15, 0.2) is 0 Å². The summed E-state index contributed by atoms with van der Waals surface area (Å²) < 4.78 is 4.61. The summed E-state index contributed by atoms with van der Waals surface area (Å²) in [6.45, 7) is 5.00. The summed E-state index contributed by atoms with van der Waals surface area (Å²) in [5.41, 5.74) is 11.8. The van der Waals surface area contributed by atoms with Crippen molar-refractivity contribution in [2.45, 2.75) is 157 Å². The number of methoxy groups -OCH3 is 1. The van der Waals surface area contributed by atoms with Crippen molar-refractivity contribution in [3.05, 3.63) is 29.8 Å². The fourth-order valence-electron chi connectivity index (χ4n) is 8.53. The summed E-state index contributed by atoms with van der Waals surface area (Å²) in [6.07, 6.45) is 2.74. The molecule has 2 saturated heterocycles. The molecule has 1 spiro atoms. The molecule has 0 radical (unpaired) electrons. The average molecular weight is 992 g/mol. The number of aliphatic hydroxyl groups excluding tert-OH is 1. The van der Waals surface area contributed by atoms with Crippen LogP contribution in [0.3, 0.4) is 0 Å². The number of aliphatic carboxylic acids is 1. The number of nitrogens with zero attached hydrogens (tertiary/aromatic N) is 1. The normalized spacial score (nSPS) is 25.9. The Hall–Kier alpha value is -5.13. The van der Waals surface area contributed by atoms with Crippen molar-refractivity contribution >= 4 is 74.8 Å². The van der Waals surface area contributed by atoms with Crippen LogP contribution in [-0.2, 0) is 49.6 Å². The molecule has 9 atom stereocenters. The number of ether oxygens (including phenoxy) is 1. The second kappa shape index (κ2) is 26.6. The van der Waals surface area contributed by atoms with E-state index in [9.17, 15) is 53.4 Å². The van der Waals surface area contributed by atoms with E-state index < -0.39 is 119 Å². The molecular weight excluding hydrogens is 923 g/mol. The van der Waals surface area contributed by atoms with E-state index in [4.69, 9.17) is 16.2 Å². The highest BCUT2D eigenvalue weighted by Gasteiger charge is 2.42. The van der Waals surface area contributed by atoms with Crippen LogP contribution >= 0.6 is 21.6 Å². The number of nitrogens with one attached hydrogen (secondary N) is 6. The molecule has 2 heterocycles. The van der Waals surface area contributed by atoms with Crippen LogP contribution in [0.2, 0.25) is 0 Å². The Morgan fingerprint density at radius 2 is 1.54 bits per heavy atom. The Balaban J connectivity index is 1.76. The lowest BCUT2D eigenvalue weighted by Crippen LogP contribution is -2.63. The van der Waals surface area contributed by atoms with E-state index >= 15 is 0 Å². The van der Waals surface area contributed by atoms with Gasteiger partial charge in [-0.2, -0.15) is 0 Å². The van der Waals surface area contributed by atoms with E-state index in [1.807, 2.05) is 0 Å². The Morgan fingerprint density at radius 3 is 2.15 bits per heavy atom. The lowest BCUT2D eigenvalue weighted by atomic mass is 9.85. The first-order valence-corrected chi connectivity index (χ1v) is 25.6. The first-order valence-electron chi connectivity index (χ1n) is 23.3. The number of carbonyl (C=O) groups is 9. The summed E-state index contributed by atoms with van der Waals surface area (Å²) in [6, 6.07) is -2.69. The van der Waals surface area contributed by atoms with Gasteiger partial charge < -0.3 is 63.2 Å². The van der Waals surface area contributed by atoms with Crippen LogP contribution in [0, 0.1) is 5.92 Å². The second-order valence-corrected chi connectivity index (χ2v) is 20.7. The van der Waals surface area contributed by atoms with Gasteiger partial charge in [-0.05, 0) is 75.6 Å². The van der Waals surface area contributed by atoms with Crippen LogP contribution in [0.1, 0.15) is 103 Å². The van der Waals surface area contributed by atoms with E-state index in [2.05, 4.69) is 31.9 Å². The first kappa shape index (κ1) is 55.5. The Labute approximate surface area is 404 Å². The van der Waals surface area contributed by atoms with E-state index in [0.717, 1.165) is 19.3 Å². The maximum absolute atomic E-state index is 14.6. The minimum absolute atomic E-state index is 0.0244. The van der Waals surface area contributed by atoms with Crippen molar-refractivity contribution in [1.29, 1.82) is 0 Å². The number of primary amides is 1. The number of carboxylic acid groups (broad SMARTS) is 1. The number of rotatable bonds is 15. The summed E-state index contributed by atoms with van der Waals surface area (Å²) in [7, 11) is 4.09. The van der Waals surface area contributed by atoms with Crippen LogP contribution in [0.4, 0.5) is 0 Å². The molecule has 0 aromatic heterocycles. The Bertz CT molecular complexity index is 1950. The fraction of sp³-hybridized carbons (Fsp3) is 0.667. The van der Waals surface area contributed by atoms with Crippen LogP contribution in [0.25, 0.3) is 0 Å². The first-order chi connectivity index (χ1) is 32.3. The van der Waals surface area contributed by atoms with Gasteiger partial charge in [-0.25, -0.2) is 4.79 Å². The van der Waals surface area contributed by atoms with Gasteiger partial charge in [-0.3, -0.25) is 38.4 Å². The van der Waals surface area contributed by atoms with Gasteiger partial charge in [0.05, 0.1) is 19.6 Å². The van der Waals surface area contributed by atoms with Gasteiger partial charge in [0.25, 0.3) is 0 Å². The van der Waals surface area contributed by atoms with Crippen LogP contribution < -0.4 is 48.1 Å². The van der Waals surface area contributed by atoms with Crippen LogP contribution in [0.15, 0.2) is 24.3 Å². The third kappa shape index (κ3) is 16.0. The molecule has 3 aliphatic rings. The number of hydrogen-bond acceptors (Lipinski definition) is 14. The van der Waals surface area contributed by atoms with Crippen molar-refractivity contribution in [3.8, 4) is 5.75 Å². The van der Waals surface area contributed by atoms with Gasteiger partial charge in [0.1, 0.15) is 48.0 Å². The van der Waals surface area contributed by atoms with Gasteiger partial charge >= 0.3 is 5.97 Å². The van der Waals surface area contributed by atoms with E-state index in [1.54, 1.807) is 38.1 Å². The SMILES string of the molecule is CC[C@H](C)[C@@H]1NC(=O)[C@H](Cc2ccc(OC)cc2)NC(=O)CC2(CCCCC2)SSC[C@@H](C(=O)N2CCC[C@H]2C(=O)N[C@@H](CCCN)C(=O)O)NC(=O)[C@H](CC(N)=O)NC(=O)C([C@@H](C)O)NC1=O. The third-order valence-electron chi connectivity index (χ3n) is 12.6. The summed E-state index contributed by atoms with van der Waals surface area (Å²) in [5, 5.41) is 36.4. The number of amides is 8. The average Bonchev–Trinajstić information content (AvgIpc) is 3.80. The molecule has 2 aliphatic heterocycles. The lowest BCUT2D eigenvalue weighted by Gasteiger charge is -2.37. The zero-order valence-electron chi connectivity index (χ0n) is 39.2. The molecule has 4 rings (SSSR count). The van der Waals surface area contributed by atoms with Crippen molar-refractivity contribution in [1.82, 2.24) is 36.8 Å². The number of carbonyl (C=O) groups excluding carboxylic acids is 8. The van der Waals surface area contributed by atoms with E-state index in [1.165, 1.54) is 40.5 Å². The number of likely N-dealkylation sites (tertiary alicyclic amines) is 1.